The number of hydrogen-bond donors (Lipinski definition) is 4. The normalized spacial score (nSPS) is 12.4. The zero-order valence-electron chi connectivity index (χ0n) is 13.4. The summed E-state index contributed by atoms with van der Waals surface area (Å²) in [6, 6.07) is 15.4. The lowest BCUT2D eigenvalue weighted by molar-refractivity contribution is -0.991. The summed E-state index contributed by atoms with van der Waals surface area (Å²) in [7, 11) is 1.61. The highest BCUT2D eigenvalue weighted by Gasteiger charge is 2.12. The molecule has 0 saturated heterocycles. The minimum absolute atomic E-state index is 0.184. The third kappa shape index (κ3) is 4.78. The third-order valence-corrected chi connectivity index (χ3v) is 3.17. The Balaban J connectivity index is 1.95. The molecule has 0 saturated carbocycles. The lowest BCUT2D eigenvalue weighted by Crippen LogP contribution is -2.99. The highest BCUT2D eigenvalue weighted by atomic mass is 16.8. The first-order chi connectivity index (χ1) is 11.5. The Bertz CT molecular complexity index is 701. The zero-order chi connectivity index (χ0) is 17.5. The van der Waals surface area contributed by atoms with Gasteiger partial charge in [-0.05, 0) is 31.2 Å². The van der Waals surface area contributed by atoms with Crippen molar-refractivity contribution < 1.29 is 15.2 Å². The number of hydrazine groups is 1. The maximum atomic E-state index is 12.2. The number of carbonyl (C=O) groups is 1. The lowest BCUT2D eigenvalue weighted by atomic mass is 10.3. The van der Waals surface area contributed by atoms with Gasteiger partial charge < -0.3 is 5.21 Å². The second kappa shape index (κ2) is 8.06. The van der Waals surface area contributed by atoms with Gasteiger partial charge >= 0.3 is 0 Å². The molecule has 4 N–H and O–H groups in total. The van der Waals surface area contributed by atoms with E-state index in [9.17, 15) is 10.0 Å². The Labute approximate surface area is 139 Å². The van der Waals surface area contributed by atoms with Crippen LogP contribution in [0, 0.1) is 5.21 Å². The SMILES string of the molecule is C/C(=N\Nc1ccc([NH+]([O-])O)cc1)C(=O)N(C)Nc1ccccc1. The van der Waals surface area contributed by atoms with E-state index < -0.39 is 5.23 Å². The Kier molecular flexibility index (Phi) is 5.85. The molecule has 0 aromatic heterocycles. The summed E-state index contributed by atoms with van der Waals surface area (Å²) in [6.45, 7) is 1.59. The number of hydrazone groups is 1. The van der Waals surface area contributed by atoms with Crippen molar-refractivity contribution in [2.45, 2.75) is 6.92 Å². The lowest BCUT2D eigenvalue weighted by Gasteiger charge is -2.19. The van der Waals surface area contributed by atoms with Crippen LogP contribution in [0.2, 0.25) is 0 Å². The van der Waals surface area contributed by atoms with Crippen molar-refractivity contribution in [2.24, 2.45) is 5.10 Å². The molecule has 2 aromatic carbocycles. The fourth-order valence-corrected chi connectivity index (χ4v) is 1.88. The van der Waals surface area contributed by atoms with Gasteiger partial charge in [-0.3, -0.25) is 20.7 Å². The molecule has 24 heavy (non-hydrogen) atoms. The van der Waals surface area contributed by atoms with E-state index in [0.717, 1.165) is 5.69 Å². The Morgan fingerprint density at radius 3 is 2.33 bits per heavy atom. The number of hydrogen-bond acceptors (Lipinski definition) is 6. The number of carbonyl (C=O) groups excluding carboxylic acids is 1. The predicted octanol–water partition coefficient (Wildman–Crippen LogP) is 1.36. The van der Waals surface area contributed by atoms with Crippen molar-refractivity contribution in [2.75, 3.05) is 17.9 Å². The van der Waals surface area contributed by atoms with Crippen LogP contribution in [0.1, 0.15) is 6.92 Å². The fourth-order valence-electron chi connectivity index (χ4n) is 1.88. The fraction of sp³-hybridized carbons (Fsp3) is 0.125. The van der Waals surface area contributed by atoms with Gasteiger partial charge in [-0.1, -0.05) is 18.2 Å². The van der Waals surface area contributed by atoms with Gasteiger partial charge in [0.2, 0.25) is 0 Å². The van der Waals surface area contributed by atoms with E-state index in [4.69, 9.17) is 5.21 Å². The number of nitrogens with zero attached hydrogens (tertiary/aromatic N) is 2. The van der Waals surface area contributed by atoms with Gasteiger partial charge in [0, 0.05) is 19.2 Å². The molecule has 8 heteroatoms. The van der Waals surface area contributed by atoms with Gasteiger partial charge in [0.25, 0.3) is 5.91 Å². The average molecular weight is 329 g/mol. The molecule has 0 fully saturated rings. The van der Waals surface area contributed by atoms with Gasteiger partial charge in [0.05, 0.1) is 11.4 Å². The van der Waals surface area contributed by atoms with Gasteiger partial charge in [-0.25, -0.2) is 5.21 Å². The second-order valence-corrected chi connectivity index (χ2v) is 5.03. The summed E-state index contributed by atoms with van der Waals surface area (Å²) in [5.41, 5.74) is 7.50. The summed E-state index contributed by atoms with van der Waals surface area (Å²) < 4.78 is 0. The van der Waals surface area contributed by atoms with Crippen LogP contribution in [0.25, 0.3) is 0 Å². The first-order valence-corrected chi connectivity index (χ1v) is 7.21. The topological polar surface area (TPSA) is 104 Å². The quantitative estimate of drug-likeness (QED) is 0.473. The molecule has 2 rings (SSSR count). The first kappa shape index (κ1) is 17.4. The van der Waals surface area contributed by atoms with Crippen molar-refractivity contribution in [1.82, 2.24) is 5.01 Å². The van der Waals surface area contributed by atoms with Gasteiger partial charge in [0.1, 0.15) is 5.71 Å². The predicted molar refractivity (Wildman–Crippen MR) is 91.8 cm³/mol. The van der Waals surface area contributed by atoms with Gasteiger partial charge in [0.15, 0.2) is 5.69 Å². The van der Waals surface area contributed by atoms with Crippen LogP contribution in [-0.2, 0) is 4.79 Å². The van der Waals surface area contributed by atoms with E-state index in [0.29, 0.717) is 5.69 Å². The van der Waals surface area contributed by atoms with E-state index >= 15 is 0 Å². The first-order valence-electron chi connectivity index (χ1n) is 7.21. The summed E-state index contributed by atoms with van der Waals surface area (Å²) in [5, 5.41) is 24.0. The zero-order valence-corrected chi connectivity index (χ0v) is 13.4. The standard InChI is InChI=1S/C16H19N5O3/c1-12(16(22)20(2)19-14-6-4-3-5-7-14)17-18-13-8-10-15(11-9-13)21(23)24/h3-11,18-19,21,23H,1-2H3/b17-12+. The largest absolute Gasteiger partial charge is 0.595 e. The van der Waals surface area contributed by atoms with E-state index in [-0.39, 0.29) is 17.3 Å². The number of anilines is 2. The number of rotatable bonds is 6. The monoisotopic (exact) mass is 329 g/mol. The summed E-state index contributed by atoms with van der Waals surface area (Å²) in [5.74, 6) is -0.298. The molecule has 0 bridgehead atoms. The van der Waals surface area contributed by atoms with Crippen molar-refractivity contribution in [3.8, 4) is 0 Å². The van der Waals surface area contributed by atoms with Crippen LogP contribution in [-0.4, -0.2) is 28.9 Å². The highest BCUT2D eigenvalue weighted by Crippen LogP contribution is 2.10. The molecular formula is C16H19N5O3. The summed E-state index contributed by atoms with van der Waals surface area (Å²) in [4.78, 5) is 12.2. The molecule has 1 unspecified atom stereocenters. The van der Waals surface area contributed by atoms with Gasteiger partial charge in [-0.2, -0.15) is 10.3 Å². The molecule has 0 heterocycles. The number of nitrogens with one attached hydrogen (secondary N) is 3. The van der Waals surface area contributed by atoms with Crippen LogP contribution in [0.5, 0.6) is 0 Å². The van der Waals surface area contributed by atoms with Crippen molar-refractivity contribution >= 4 is 28.7 Å². The van der Waals surface area contributed by atoms with Crippen LogP contribution in [0.15, 0.2) is 59.7 Å². The molecule has 0 aliphatic carbocycles. The molecule has 0 radical (unpaired) electrons. The molecule has 0 spiro atoms. The average Bonchev–Trinajstić information content (AvgIpc) is 2.60. The number of benzene rings is 2. The second-order valence-electron chi connectivity index (χ2n) is 5.03. The summed E-state index contributed by atoms with van der Waals surface area (Å²) >= 11 is 0. The van der Waals surface area contributed by atoms with Crippen LogP contribution in [0.4, 0.5) is 17.1 Å². The van der Waals surface area contributed by atoms with Crippen LogP contribution >= 0.6 is 0 Å². The van der Waals surface area contributed by atoms with E-state index in [1.54, 1.807) is 26.1 Å². The molecule has 1 atom stereocenters. The third-order valence-electron chi connectivity index (χ3n) is 3.17. The molecular weight excluding hydrogens is 310 g/mol. The molecule has 8 nitrogen and oxygen atoms in total. The van der Waals surface area contributed by atoms with Crippen molar-refractivity contribution in [1.29, 1.82) is 0 Å². The summed E-state index contributed by atoms with van der Waals surface area (Å²) in [6.07, 6.45) is 0. The molecule has 1 amide bonds. The minimum Gasteiger partial charge on any atom is -0.595 e. The van der Waals surface area contributed by atoms with E-state index in [1.165, 1.54) is 17.1 Å². The van der Waals surface area contributed by atoms with Gasteiger partial charge in [-0.15, -0.1) is 0 Å². The Morgan fingerprint density at radius 1 is 1.12 bits per heavy atom. The number of quaternary nitrogens is 1. The maximum Gasteiger partial charge on any atom is 0.287 e. The number of para-hydroxylation sites is 1. The Morgan fingerprint density at radius 2 is 1.75 bits per heavy atom. The van der Waals surface area contributed by atoms with Crippen LogP contribution < -0.4 is 16.1 Å². The molecule has 0 aliphatic heterocycles. The van der Waals surface area contributed by atoms with E-state index in [1.807, 2.05) is 30.3 Å². The van der Waals surface area contributed by atoms with Crippen LogP contribution in [0.3, 0.4) is 0 Å². The Hall–Kier alpha value is -2.94. The number of amides is 1. The van der Waals surface area contributed by atoms with Crippen molar-refractivity contribution in [3.05, 3.63) is 59.8 Å². The smallest absolute Gasteiger partial charge is 0.287 e. The maximum absolute atomic E-state index is 12.2. The molecule has 0 aliphatic rings. The molecule has 2 aromatic rings. The minimum atomic E-state index is -0.995. The highest BCUT2D eigenvalue weighted by molar-refractivity contribution is 6.38. The van der Waals surface area contributed by atoms with E-state index in [2.05, 4.69) is 16.0 Å². The van der Waals surface area contributed by atoms with Crippen molar-refractivity contribution in [3.63, 3.8) is 0 Å². The molecule has 126 valence electrons.